The van der Waals surface area contributed by atoms with E-state index in [2.05, 4.69) is 24.1 Å². The first kappa shape index (κ1) is 12.3. The van der Waals surface area contributed by atoms with Gasteiger partial charge < -0.3 is 10.4 Å². The Labute approximate surface area is 113 Å². The van der Waals surface area contributed by atoms with Gasteiger partial charge in [-0.05, 0) is 48.3 Å². The molecule has 19 heavy (non-hydrogen) atoms. The highest BCUT2D eigenvalue weighted by Gasteiger charge is 2.31. The molecule has 1 unspecified atom stereocenters. The van der Waals surface area contributed by atoms with Crippen LogP contribution >= 0.6 is 0 Å². The highest BCUT2D eigenvalue weighted by Crippen LogP contribution is 2.38. The first-order chi connectivity index (χ1) is 9.03. The number of phenolic OH excluding ortho intramolecular Hbond substituents is 1. The molecule has 1 aliphatic rings. The number of nitrogens with zero attached hydrogens (tertiary/aromatic N) is 1. The van der Waals surface area contributed by atoms with Crippen LogP contribution in [0.1, 0.15) is 33.1 Å². The van der Waals surface area contributed by atoms with Gasteiger partial charge in [-0.15, -0.1) is 0 Å². The Morgan fingerprint density at radius 3 is 2.89 bits per heavy atom. The molecular formula is C16H20N2O. The summed E-state index contributed by atoms with van der Waals surface area (Å²) in [5.74, 6) is 1.17. The van der Waals surface area contributed by atoms with Gasteiger partial charge in [-0.2, -0.15) is 0 Å². The summed E-state index contributed by atoms with van der Waals surface area (Å²) >= 11 is 0. The standard InChI is InChI=1S/C16H20N2O/c1-16(2)7-5-12(10-16)18-15-14-9-13(19)4-3-11(14)6-8-17-15/h3-4,6,8-9,12,19H,5,7,10H2,1-2H3,(H,17,18). The van der Waals surface area contributed by atoms with Crippen LogP contribution in [0.15, 0.2) is 30.5 Å². The smallest absolute Gasteiger partial charge is 0.134 e. The molecule has 1 aliphatic carbocycles. The maximum Gasteiger partial charge on any atom is 0.134 e. The van der Waals surface area contributed by atoms with Crippen molar-refractivity contribution >= 4 is 16.6 Å². The van der Waals surface area contributed by atoms with Crippen molar-refractivity contribution in [2.24, 2.45) is 5.41 Å². The topological polar surface area (TPSA) is 45.2 Å². The lowest BCUT2D eigenvalue weighted by molar-refractivity contribution is 0.378. The van der Waals surface area contributed by atoms with Gasteiger partial charge in [0.05, 0.1) is 0 Å². The van der Waals surface area contributed by atoms with E-state index in [9.17, 15) is 5.11 Å². The number of aromatic hydroxyl groups is 1. The van der Waals surface area contributed by atoms with Crippen molar-refractivity contribution in [2.45, 2.75) is 39.2 Å². The van der Waals surface area contributed by atoms with Crippen LogP contribution in [0.5, 0.6) is 5.75 Å². The zero-order chi connectivity index (χ0) is 13.5. The summed E-state index contributed by atoms with van der Waals surface area (Å²) in [5.41, 5.74) is 0.421. The second kappa shape index (κ2) is 4.41. The Balaban J connectivity index is 1.91. The fraction of sp³-hybridized carbons (Fsp3) is 0.438. The van der Waals surface area contributed by atoms with Crippen molar-refractivity contribution in [1.82, 2.24) is 4.98 Å². The monoisotopic (exact) mass is 256 g/mol. The van der Waals surface area contributed by atoms with E-state index in [4.69, 9.17) is 0 Å². The van der Waals surface area contributed by atoms with Crippen molar-refractivity contribution in [3.8, 4) is 5.75 Å². The molecule has 3 heteroatoms. The molecule has 0 spiro atoms. The molecule has 1 aromatic heterocycles. The van der Waals surface area contributed by atoms with E-state index in [0.29, 0.717) is 11.5 Å². The van der Waals surface area contributed by atoms with E-state index in [1.165, 1.54) is 19.3 Å². The molecule has 1 aromatic carbocycles. The highest BCUT2D eigenvalue weighted by atomic mass is 16.3. The zero-order valence-electron chi connectivity index (χ0n) is 11.5. The second-order valence-electron chi connectivity index (χ2n) is 6.31. The predicted octanol–water partition coefficient (Wildman–Crippen LogP) is 3.93. The van der Waals surface area contributed by atoms with E-state index in [1.807, 2.05) is 18.3 Å². The third-order valence-corrected chi connectivity index (χ3v) is 4.06. The lowest BCUT2D eigenvalue weighted by atomic mass is 9.92. The minimum Gasteiger partial charge on any atom is -0.508 e. The number of rotatable bonds is 2. The van der Waals surface area contributed by atoms with Gasteiger partial charge in [-0.1, -0.05) is 19.9 Å². The summed E-state index contributed by atoms with van der Waals surface area (Å²) in [4.78, 5) is 4.44. The summed E-state index contributed by atoms with van der Waals surface area (Å²) in [6.07, 6.45) is 5.43. The van der Waals surface area contributed by atoms with E-state index in [-0.39, 0.29) is 5.75 Å². The molecule has 0 bridgehead atoms. The molecule has 100 valence electrons. The summed E-state index contributed by atoms with van der Waals surface area (Å²) in [6, 6.07) is 7.87. The Morgan fingerprint density at radius 2 is 2.16 bits per heavy atom. The lowest BCUT2D eigenvalue weighted by Gasteiger charge is -2.19. The van der Waals surface area contributed by atoms with Crippen LogP contribution < -0.4 is 5.32 Å². The Morgan fingerprint density at radius 1 is 1.32 bits per heavy atom. The molecule has 3 rings (SSSR count). The molecule has 1 fully saturated rings. The number of hydrogen-bond acceptors (Lipinski definition) is 3. The van der Waals surface area contributed by atoms with Crippen molar-refractivity contribution < 1.29 is 5.11 Å². The van der Waals surface area contributed by atoms with Crippen molar-refractivity contribution in [3.05, 3.63) is 30.5 Å². The van der Waals surface area contributed by atoms with Crippen LogP contribution in [0.3, 0.4) is 0 Å². The molecule has 0 amide bonds. The summed E-state index contributed by atoms with van der Waals surface area (Å²) in [6.45, 7) is 4.63. The van der Waals surface area contributed by atoms with Crippen LogP contribution in [0, 0.1) is 5.41 Å². The Bertz CT molecular complexity index is 607. The van der Waals surface area contributed by atoms with Gasteiger partial charge in [0.25, 0.3) is 0 Å². The van der Waals surface area contributed by atoms with Crippen LogP contribution in [0.25, 0.3) is 10.8 Å². The molecular weight excluding hydrogens is 236 g/mol. The SMILES string of the molecule is CC1(C)CCC(Nc2nccc3ccc(O)cc23)C1. The number of nitrogens with one attached hydrogen (secondary N) is 1. The quantitative estimate of drug-likeness (QED) is 0.855. The Hall–Kier alpha value is -1.77. The molecule has 3 nitrogen and oxygen atoms in total. The molecule has 0 aliphatic heterocycles. The minimum absolute atomic E-state index is 0.287. The van der Waals surface area contributed by atoms with Gasteiger partial charge >= 0.3 is 0 Å². The maximum atomic E-state index is 9.64. The molecule has 2 aromatic rings. The van der Waals surface area contributed by atoms with Crippen LogP contribution in [-0.2, 0) is 0 Å². The van der Waals surface area contributed by atoms with E-state index >= 15 is 0 Å². The normalized spacial score (nSPS) is 21.7. The van der Waals surface area contributed by atoms with Crippen molar-refractivity contribution in [1.29, 1.82) is 0 Å². The summed E-state index contributed by atoms with van der Waals surface area (Å²) in [7, 11) is 0. The van der Waals surface area contributed by atoms with Crippen molar-refractivity contribution in [3.63, 3.8) is 0 Å². The minimum atomic E-state index is 0.287. The van der Waals surface area contributed by atoms with Gasteiger partial charge in [0.15, 0.2) is 0 Å². The predicted molar refractivity (Wildman–Crippen MR) is 78.5 cm³/mol. The molecule has 0 saturated heterocycles. The largest absolute Gasteiger partial charge is 0.508 e. The van der Waals surface area contributed by atoms with Gasteiger partial charge in [0.1, 0.15) is 11.6 Å². The molecule has 1 atom stereocenters. The first-order valence-corrected chi connectivity index (χ1v) is 6.88. The fourth-order valence-corrected chi connectivity index (χ4v) is 3.02. The van der Waals surface area contributed by atoms with E-state index in [0.717, 1.165) is 16.6 Å². The van der Waals surface area contributed by atoms with E-state index < -0.39 is 0 Å². The third kappa shape index (κ3) is 2.50. The summed E-state index contributed by atoms with van der Waals surface area (Å²) in [5, 5.41) is 15.3. The Kier molecular flexibility index (Phi) is 2.85. The number of pyridine rings is 1. The number of aromatic nitrogens is 1. The number of hydrogen-bond donors (Lipinski definition) is 2. The van der Waals surface area contributed by atoms with Crippen LogP contribution in [0.4, 0.5) is 5.82 Å². The molecule has 0 radical (unpaired) electrons. The number of benzene rings is 1. The van der Waals surface area contributed by atoms with Gasteiger partial charge in [-0.25, -0.2) is 4.98 Å². The van der Waals surface area contributed by atoms with Crippen molar-refractivity contribution in [2.75, 3.05) is 5.32 Å². The fourth-order valence-electron chi connectivity index (χ4n) is 3.02. The lowest BCUT2D eigenvalue weighted by Crippen LogP contribution is -2.18. The maximum absolute atomic E-state index is 9.64. The average molecular weight is 256 g/mol. The molecule has 1 saturated carbocycles. The van der Waals surface area contributed by atoms with E-state index in [1.54, 1.807) is 12.1 Å². The number of anilines is 1. The third-order valence-electron chi connectivity index (χ3n) is 4.06. The zero-order valence-corrected chi connectivity index (χ0v) is 11.5. The van der Waals surface area contributed by atoms with Gasteiger partial charge in [0, 0.05) is 17.6 Å². The molecule has 1 heterocycles. The van der Waals surface area contributed by atoms with Gasteiger partial charge in [0.2, 0.25) is 0 Å². The average Bonchev–Trinajstić information content (AvgIpc) is 2.69. The van der Waals surface area contributed by atoms with Crippen LogP contribution in [0.2, 0.25) is 0 Å². The van der Waals surface area contributed by atoms with Gasteiger partial charge in [-0.3, -0.25) is 0 Å². The first-order valence-electron chi connectivity index (χ1n) is 6.88. The molecule has 2 N–H and O–H groups in total. The number of fused-ring (bicyclic) bond motifs is 1. The second-order valence-corrected chi connectivity index (χ2v) is 6.31. The summed E-state index contributed by atoms with van der Waals surface area (Å²) < 4.78 is 0. The highest BCUT2D eigenvalue weighted by molar-refractivity contribution is 5.92. The number of phenols is 1. The van der Waals surface area contributed by atoms with Crippen LogP contribution in [-0.4, -0.2) is 16.1 Å².